The van der Waals surface area contributed by atoms with Gasteiger partial charge < -0.3 is 5.32 Å². The van der Waals surface area contributed by atoms with Crippen molar-refractivity contribution < 1.29 is 0 Å². The van der Waals surface area contributed by atoms with E-state index >= 15 is 0 Å². The second-order valence-corrected chi connectivity index (χ2v) is 6.30. The van der Waals surface area contributed by atoms with Crippen molar-refractivity contribution >= 4 is 0 Å². The molecule has 1 N–H and O–H groups in total. The summed E-state index contributed by atoms with van der Waals surface area (Å²) in [4.78, 5) is 0. The van der Waals surface area contributed by atoms with Gasteiger partial charge >= 0.3 is 0 Å². The Bertz CT molecular complexity index is 561. The quantitative estimate of drug-likeness (QED) is 0.867. The van der Waals surface area contributed by atoms with E-state index in [0.29, 0.717) is 12.1 Å². The number of fused-ring (bicyclic) bond motifs is 1. The molecule has 0 bridgehead atoms. The standard InChI is InChI=1S/C20H25N/c1-16(11-12-17-7-3-2-4-8-17)21-20-14-13-18-9-5-6-10-19(18)15-20/h2-10,16,20-21H,11-15H2,1H3. The molecule has 0 spiro atoms. The van der Waals surface area contributed by atoms with Gasteiger partial charge in [-0.25, -0.2) is 0 Å². The highest BCUT2D eigenvalue weighted by Gasteiger charge is 2.19. The number of aryl methyl sites for hydroxylation is 2. The minimum Gasteiger partial charge on any atom is -0.311 e. The third-order valence-electron chi connectivity index (χ3n) is 4.58. The molecule has 21 heavy (non-hydrogen) atoms. The van der Waals surface area contributed by atoms with E-state index in [1.54, 1.807) is 5.56 Å². The first-order valence-corrected chi connectivity index (χ1v) is 8.18. The average molecular weight is 279 g/mol. The lowest BCUT2D eigenvalue weighted by Crippen LogP contribution is -2.40. The van der Waals surface area contributed by atoms with Gasteiger partial charge in [0.15, 0.2) is 0 Å². The van der Waals surface area contributed by atoms with Crippen molar-refractivity contribution in [1.82, 2.24) is 5.32 Å². The fraction of sp³-hybridized carbons (Fsp3) is 0.400. The number of nitrogens with one attached hydrogen (secondary N) is 1. The highest BCUT2D eigenvalue weighted by atomic mass is 14.9. The Hall–Kier alpha value is -1.60. The van der Waals surface area contributed by atoms with Crippen LogP contribution in [-0.2, 0) is 19.3 Å². The first-order chi connectivity index (χ1) is 10.3. The van der Waals surface area contributed by atoms with Crippen LogP contribution in [0.1, 0.15) is 36.5 Å². The smallest absolute Gasteiger partial charge is 0.0113 e. The molecule has 1 heteroatoms. The van der Waals surface area contributed by atoms with Crippen molar-refractivity contribution in [2.24, 2.45) is 0 Å². The lowest BCUT2D eigenvalue weighted by Gasteiger charge is -2.28. The van der Waals surface area contributed by atoms with Crippen LogP contribution >= 0.6 is 0 Å². The monoisotopic (exact) mass is 279 g/mol. The highest BCUT2D eigenvalue weighted by molar-refractivity contribution is 5.30. The Morgan fingerprint density at radius 2 is 1.71 bits per heavy atom. The zero-order chi connectivity index (χ0) is 14.5. The molecule has 3 rings (SSSR count). The summed E-state index contributed by atoms with van der Waals surface area (Å²) in [6, 6.07) is 20.9. The SMILES string of the molecule is CC(CCc1ccccc1)NC1CCc2ccccc2C1. The number of hydrogen-bond donors (Lipinski definition) is 1. The fourth-order valence-corrected chi connectivity index (χ4v) is 3.35. The molecule has 0 aliphatic heterocycles. The third kappa shape index (κ3) is 3.95. The summed E-state index contributed by atoms with van der Waals surface area (Å²) in [5, 5.41) is 3.83. The van der Waals surface area contributed by atoms with Crippen LogP contribution in [0.5, 0.6) is 0 Å². The van der Waals surface area contributed by atoms with E-state index in [1.165, 1.54) is 36.8 Å². The van der Waals surface area contributed by atoms with Gasteiger partial charge in [0.25, 0.3) is 0 Å². The van der Waals surface area contributed by atoms with Crippen LogP contribution < -0.4 is 5.32 Å². The Labute approximate surface area is 128 Å². The van der Waals surface area contributed by atoms with Crippen molar-refractivity contribution in [3.63, 3.8) is 0 Å². The molecule has 0 saturated carbocycles. The van der Waals surface area contributed by atoms with Crippen LogP contribution in [-0.4, -0.2) is 12.1 Å². The molecule has 110 valence electrons. The zero-order valence-corrected chi connectivity index (χ0v) is 12.9. The second-order valence-electron chi connectivity index (χ2n) is 6.30. The van der Waals surface area contributed by atoms with Crippen LogP contribution in [0.15, 0.2) is 54.6 Å². The van der Waals surface area contributed by atoms with E-state index in [0.717, 1.165) is 6.42 Å². The predicted octanol–water partition coefficient (Wildman–Crippen LogP) is 4.15. The summed E-state index contributed by atoms with van der Waals surface area (Å²) >= 11 is 0. The van der Waals surface area contributed by atoms with Crippen LogP contribution in [0.3, 0.4) is 0 Å². The molecule has 0 radical (unpaired) electrons. The molecule has 1 aliphatic carbocycles. The number of hydrogen-bond acceptors (Lipinski definition) is 1. The number of benzene rings is 2. The van der Waals surface area contributed by atoms with Crippen molar-refractivity contribution in [2.75, 3.05) is 0 Å². The maximum Gasteiger partial charge on any atom is 0.0113 e. The number of rotatable bonds is 5. The van der Waals surface area contributed by atoms with Gasteiger partial charge in [0, 0.05) is 12.1 Å². The van der Waals surface area contributed by atoms with E-state index in [9.17, 15) is 0 Å². The van der Waals surface area contributed by atoms with Crippen molar-refractivity contribution in [3.05, 3.63) is 71.3 Å². The largest absolute Gasteiger partial charge is 0.311 e. The maximum atomic E-state index is 3.83. The van der Waals surface area contributed by atoms with E-state index < -0.39 is 0 Å². The topological polar surface area (TPSA) is 12.0 Å². The van der Waals surface area contributed by atoms with Gasteiger partial charge in [0.2, 0.25) is 0 Å². The molecular formula is C20H25N. The highest BCUT2D eigenvalue weighted by Crippen LogP contribution is 2.21. The summed E-state index contributed by atoms with van der Waals surface area (Å²) in [5.74, 6) is 0. The Morgan fingerprint density at radius 3 is 2.52 bits per heavy atom. The molecule has 2 unspecified atom stereocenters. The van der Waals surface area contributed by atoms with Crippen LogP contribution in [0.4, 0.5) is 0 Å². The van der Waals surface area contributed by atoms with Crippen LogP contribution in [0.2, 0.25) is 0 Å². The minimum atomic E-state index is 0.584. The Balaban J connectivity index is 1.49. The van der Waals surface area contributed by atoms with E-state index in [-0.39, 0.29) is 0 Å². The summed E-state index contributed by atoms with van der Waals surface area (Å²) in [7, 11) is 0. The summed E-state index contributed by atoms with van der Waals surface area (Å²) in [6.07, 6.45) is 6.05. The molecule has 2 atom stereocenters. The van der Waals surface area contributed by atoms with Crippen LogP contribution in [0.25, 0.3) is 0 Å². The second kappa shape index (κ2) is 6.91. The van der Waals surface area contributed by atoms with Crippen LogP contribution in [0, 0.1) is 0 Å². The fourth-order valence-electron chi connectivity index (χ4n) is 3.35. The van der Waals surface area contributed by atoms with Crippen molar-refractivity contribution in [1.29, 1.82) is 0 Å². The zero-order valence-electron chi connectivity index (χ0n) is 12.9. The molecule has 0 fully saturated rings. The molecule has 1 aliphatic rings. The molecule has 1 nitrogen and oxygen atoms in total. The van der Waals surface area contributed by atoms with Crippen molar-refractivity contribution in [3.8, 4) is 0 Å². The normalized spacial score (nSPS) is 19.0. The minimum absolute atomic E-state index is 0.584. The van der Waals surface area contributed by atoms with Gasteiger partial charge in [0.05, 0.1) is 0 Å². The molecule has 2 aromatic rings. The maximum absolute atomic E-state index is 3.83. The molecule has 2 aromatic carbocycles. The third-order valence-corrected chi connectivity index (χ3v) is 4.58. The van der Waals surface area contributed by atoms with E-state index in [2.05, 4.69) is 66.8 Å². The molecule has 0 saturated heterocycles. The molecule has 0 aromatic heterocycles. The van der Waals surface area contributed by atoms with Crippen molar-refractivity contribution in [2.45, 2.75) is 51.1 Å². The van der Waals surface area contributed by atoms with E-state index in [1.807, 2.05) is 0 Å². The first kappa shape index (κ1) is 14.3. The van der Waals surface area contributed by atoms with Gasteiger partial charge in [-0.3, -0.25) is 0 Å². The molecule has 0 heterocycles. The van der Waals surface area contributed by atoms with Gasteiger partial charge in [-0.15, -0.1) is 0 Å². The lowest BCUT2D eigenvalue weighted by atomic mass is 9.88. The predicted molar refractivity (Wildman–Crippen MR) is 89.6 cm³/mol. The van der Waals surface area contributed by atoms with Gasteiger partial charge in [-0.05, 0) is 55.7 Å². The Morgan fingerprint density at radius 1 is 1.00 bits per heavy atom. The average Bonchev–Trinajstić information content (AvgIpc) is 2.54. The van der Waals surface area contributed by atoms with Gasteiger partial charge in [0.1, 0.15) is 0 Å². The summed E-state index contributed by atoms with van der Waals surface area (Å²) in [6.45, 7) is 2.32. The lowest BCUT2D eigenvalue weighted by molar-refractivity contribution is 0.394. The Kier molecular flexibility index (Phi) is 4.72. The van der Waals surface area contributed by atoms with E-state index in [4.69, 9.17) is 0 Å². The summed E-state index contributed by atoms with van der Waals surface area (Å²) in [5.41, 5.74) is 4.53. The molecule has 0 amide bonds. The summed E-state index contributed by atoms with van der Waals surface area (Å²) < 4.78 is 0. The molecular weight excluding hydrogens is 254 g/mol. The van der Waals surface area contributed by atoms with Gasteiger partial charge in [-0.2, -0.15) is 0 Å². The van der Waals surface area contributed by atoms with Gasteiger partial charge in [-0.1, -0.05) is 54.6 Å². The first-order valence-electron chi connectivity index (χ1n) is 8.18.